The molecule has 0 fully saturated rings. The van der Waals surface area contributed by atoms with Gasteiger partial charge in [-0.25, -0.2) is 0 Å². The van der Waals surface area contributed by atoms with Gasteiger partial charge in [-0.15, -0.1) is 20.4 Å². The minimum atomic E-state index is 0.394. The molecule has 7 aromatic rings. The molecule has 7 rings (SSSR count). The van der Waals surface area contributed by atoms with Crippen molar-refractivity contribution < 1.29 is 8.83 Å². The summed E-state index contributed by atoms with van der Waals surface area (Å²) in [6.07, 6.45) is 0. The highest BCUT2D eigenvalue weighted by molar-refractivity contribution is 5.65. The molecule has 0 N–H and O–H groups in total. The van der Waals surface area contributed by atoms with E-state index in [2.05, 4.69) is 40.9 Å². The van der Waals surface area contributed by atoms with Gasteiger partial charge in [-0.05, 0) is 121 Å². The summed E-state index contributed by atoms with van der Waals surface area (Å²) in [5.41, 5.74) is 8.26. The van der Waals surface area contributed by atoms with Crippen LogP contribution in [0.2, 0.25) is 0 Å². The van der Waals surface area contributed by atoms with Gasteiger partial charge in [0.25, 0.3) is 0 Å². The van der Waals surface area contributed by atoms with Gasteiger partial charge in [-0.2, -0.15) is 20.5 Å². The maximum absolute atomic E-state index is 5.98. The molecule has 0 aliphatic heterocycles. The Balaban J connectivity index is 0.970. The summed E-state index contributed by atoms with van der Waals surface area (Å²) in [5.74, 6) is 1.59. The summed E-state index contributed by atoms with van der Waals surface area (Å²) in [6, 6.07) is 38.2. The summed E-state index contributed by atoms with van der Waals surface area (Å²) in [5, 5.41) is 34.3. The van der Waals surface area contributed by atoms with Crippen LogP contribution in [0.25, 0.3) is 45.8 Å². The zero-order chi connectivity index (χ0) is 34.5. The minimum absolute atomic E-state index is 0.394. The van der Waals surface area contributed by atoms with Gasteiger partial charge >= 0.3 is 0 Å². The van der Waals surface area contributed by atoms with Crippen molar-refractivity contribution in [3.05, 3.63) is 121 Å². The molecule has 0 saturated heterocycles. The molecule has 0 aliphatic rings. The largest absolute Gasteiger partial charge is 0.416 e. The molecule has 0 amide bonds. The Labute approximate surface area is 288 Å². The first-order valence-electron chi connectivity index (χ1n) is 15.7. The Kier molecular flexibility index (Phi) is 8.97. The molecular formula is C38H32N10O2. The van der Waals surface area contributed by atoms with Crippen molar-refractivity contribution in [2.24, 2.45) is 20.5 Å². The molecule has 2 aromatic heterocycles. The van der Waals surface area contributed by atoms with Crippen LogP contribution >= 0.6 is 0 Å². The van der Waals surface area contributed by atoms with Crippen LogP contribution in [-0.2, 0) is 0 Å². The maximum atomic E-state index is 5.98. The van der Waals surface area contributed by atoms with Gasteiger partial charge in [0.1, 0.15) is 0 Å². The van der Waals surface area contributed by atoms with Gasteiger partial charge < -0.3 is 18.6 Å². The Morgan fingerprint density at radius 1 is 0.340 bits per heavy atom. The molecule has 2 heterocycles. The third-order valence-corrected chi connectivity index (χ3v) is 7.75. The summed E-state index contributed by atoms with van der Waals surface area (Å²) in [4.78, 5) is 4.07. The number of anilines is 2. The van der Waals surface area contributed by atoms with Gasteiger partial charge in [0.15, 0.2) is 0 Å². The third-order valence-electron chi connectivity index (χ3n) is 7.75. The Bertz CT molecular complexity index is 2070. The minimum Gasteiger partial charge on any atom is -0.416 e. The second kappa shape index (κ2) is 14.1. The van der Waals surface area contributed by atoms with Crippen LogP contribution in [0, 0.1) is 0 Å². The van der Waals surface area contributed by atoms with Crippen molar-refractivity contribution in [3.63, 3.8) is 0 Å². The fraction of sp³-hybridized carbons (Fsp3) is 0.105. The van der Waals surface area contributed by atoms with Crippen molar-refractivity contribution in [3.8, 4) is 45.8 Å². The molecule has 0 bridgehead atoms. The summed E-state index contributed by atoms with van der Waals surface area (Å²) in [7, 11) is 7.99. The Hall–Kier alpha value is -6.82. The summed E-state index contributed by atoms with van der Waals surface area (Å²) in [6.45, 7) is 0. The lowest BCUT2D eigenvalue weighted by Crippen LogP contribution is -2.07. The fourth-order valence-corrected chi connectivity index (χ4v) is 4.88. The van der Waals surface area contributed by atoms with Gasteiger partial charge in [-0.1, -0.05) is 0 Å². The molecule has 5 aromatic carbocycles. The lowest BCUT2D eigenvalue weighted by atomic mass is 10.1. The number of aromatic nitrogens is 4. The molecule has 0 unspecified atom stereocenters. The van der Waals surface area contributed by atoms with E-state index in [-0.39, 0.29) is 0 Å². The van der Waals surface area contributed by atoms with Crippen LogP contribution in [0.3, 0.4) is 0 Å². The lowest BCUT2D eigenvalue weighted by Gasteiger charge is -2.11. The normalized spacial score (nSPS) is 11.4. The molecule has 12 heteroatoms. The number of hydrogen-bond acceptors (Lipinski definition) is 12. The molecule has 0 radical (unpaired) electrons. The van der Waals surface area contributed by atoms with E-state index in [1.807, 2.05) is 159 Å². The fourth-order valence-electron chi connectivity index (χ4n) is 4.88. The Morgan fingerprint density at radius 2 is 0.560 bits per heavy atom. The highest BCUT2D eigenvalue weighted by Gasteiger charge is 2.14. The number of azo groups is 2. The highest BCUT2D eigenvalue weighted by atomic mass is 16.4. The van der Waals surface area contributed by atoms with Crippen molar-refractivity contribution in [1.29, 1.82) is 0 Å². The van der Waals surface area contributed by atoms with Crippen molar-refractivity contribution in [2.75, 3.05) is 38.0 Å². The van der Waals surface area contributed by atoms with Crippen LogP contribution in [-0.4, -0.2) is 48.6 Å². The van der Waals surface area contributed by atoms with Crippen LogP contribution in [0.5, 0.6) is 0 Å². The van der Waals surface area contributed by atoms with E-state index < -0.39 is 0 Å². The van der Waals surface area contributed by atoms with Gasteiger partial charge in [0.2, 0.25) is 23.6 Å². The Morgan fingerprint density at radius 3 is 0.800 bits per heavy atom. The first kappa shape index (κ1) is 31.8. The topological polar surface area (TPSA) is 134 Å². The van der Waals surface area contributed by atoms with E-state index in [0.29, 0.717) is 34.9 Å². The third kappa shape index (κ3) is 7.34. The van der Waals surface area contributed by atoms with Crippen LogP contribution in [0.4, 0.5) is 34.1 Å². The van der Waals surface area contributed by atoms with Crippen LogP contribution in [0.15, 0.2) is 151 Å². The molecule has 246 valence electrons. The van der Waals surface area contributed by atoms with Crippen molar-refractivity contribution in [1.82, 2.24) is 20.4 Å². The zero-order valence-electron chi connectivity index (χ0n) is 27.8. The first-order valence-corrected chi connectivity index (χ1v) is 15.7. The number of hydrogen-bond donors (Lipinski definition) is 0. The van der Waals surface area contributed by atoms with Crippen molar-refractivity contribution >= 4 is 34.1 Å². The summed E-state index contributed by atoms with van der Waals surface area (Å²) >= 11 is 0. The maximum Gasteiger partial charge on any atom is 0.248 e. The van der Waals surface area contributed by atoms with Gasteiger partial charge in [0, 0.05) is 61.8 Å². The van der Waals surface area contributed by atoms with Crippen LogP contribution in [0.1, 0.15) is 0 Å². The van der Waals surface area contributed by atoms with Gasteiger partial charge in [-0.3, -0.25) is 0 Å². The second-order valence-electron chi connectivity index (χ2n) is 11.7. The quantitative estimate of drug-likeness (QED) is 0.132. The molecule has 50 heavy (non-hydrogen) atoms. The lowest BCUT2D eigenvalue weighted by molar-refractivity contribution is 0.582. The number of benzene rings is 5. The monoisotopic (exact) mass is 660 g/mol. The van der Waals surface area contributed by atoms with E-state index in [1.165, 1.54) is 0 Å². The van der Waals surface area contributed by atoms with Crippen molar-refractivity contribution in [2.45, 2.75) is 0 Å². The summed E-state index contributed by atoms with van der Waals surface area (Å²) < 4.78 is 12.0. The first-order chi connectivity index (χ1) is 24.4. The van der Waals surface area contributed by atoms with E-state index in [4.69, 9.17) is 8.83 Å². The SMILES string of the molecule is CN(C)c1ccc(N=Nc2ccc(-c3nnc(-c4ccc(-c5nnc(-c6ccc(N=Nc7ccc(N(C)C)cc7)cc6)o5)cc4)o3)cc2)cc1. The molecule has 0 atom stereocenters. The molecule has 0 saturated carbocycles. The molecular weight excluding hydrogens is 628 g/mol. The average molecular weight is 661 g/mol. The van der Waals surface area contributed by atoms with E-state index >= 15 is 0 Å². The molecule has 0 spiro atoms. The van der Waals surface area contributed by atoms with E-state index in [0.717, 1.165) is 45.0 Å². The second-order valence-corrected chi connectivity index (χ2v) is 11.7. The predicted octanol–water partition coefficient (Wildman–Crippen LogP) is 10.1. The smallest absolute Gasteiger partial charge is 0.248 e. The van der Waals surface area contributed by atoms with Crippen LogP contribution < -0.4 is 9.80 Å². The standard InChI is InChI=1S/C38H32N10O2/c1-47(2)33-21-17-31(18-22-33)41-39-29-13-9-27(10-14-29)37-45-43-35(49-37)25-5-7-26(8-6-25)36-44-46-38(50-36)28-11-15-30(16-12-28)40-42-32-19-23-34(24-20-32)48(3)4/h5-24H,1-4H3. The number of nitrogens with zero attached hydrogens (tertiary/aromatic N) is 10. The van der Waals surface area contributed by atoms with E-state index in [1.54, 1.807) is 0 Å². The number of rotatable bonds is 10. The van der Waals surface area contributed by atoms with E-state index in [9.17, 15) is 0 Å². The zero-order valence-corrected chi connectivity index (χ0v) is 27.8. The molecule has 12 nitrogen and oxygen atoms in total. The molecule has 0 aliphatic carbocycles. The predicted molar refractivity (Wildman–Crippen MR) is 194 cm³/mol. The average Bonchev–Trinajstić information content (AvgIpc) is 3.86. The highest BCUT2D eigenvalue weighted by Crippen LogP contribution is 2.30. The van der Waals surface area contributed by atoms with Gasteiger partial charge in [0.05, 0.1) is 22.7 Å².